The SMILES string of the molecule is Cc1cccc(CNc2ccccc2C(=O)N2CCCC2CO)c1. The molecule has 1 amide bonds. The number of rotatable bonds is 5. The fourth-order valence-electron chi connectivity index (χ4n) is 3.29. The molecule has 0 bridgehead atoms. The van der Waals surface area contributed by atoms with Gasteiger partial charge in [0.2, 0.25) is 0 Å². The van der Waals surface area contributed by atoms with Gasteiger partial charge in [-0.15, -0.1) is 0 Å². The Labute approximate surface area is 143 Å². The number of hydrogen-bond acceptors (Lipinski definition) is 3. The number of hydrogen-bond donors (Lipinski definition) is 2. The zero-order valence-corrected chi connectivity index (χ0v) is 14.0. The molecule has 1 aliphatic rings. The molecule has 126 valence electrons. The van der Waals surface area contributed by atoms with E-state index in [1.807, 2.05) is 30.3 Å². The lowest BCUT2D eigenvalue weighted by molar-refractivity contribution is 0.0678. The second-order valence-electron chi connectivity index (χ2n) is 6.37. The molecule has 2 N–H and O–H groups in total. The smallest absolute Gasteiger partial charge is 0.256 e. The van der Waals surface area contributed by atoms with Gasteiger partial charge in [-0.05, 0) is 37.5 Å². The Bertz CT molecular complexity index is 714. The highest BCUT2D eigenvalue weighted by Crippen LogP contribution is 2.24. The van der Waals surface area contributed by atoms with Gasteiger partial charge in [0.05, 0.1) is 18.2 Å². The Morgan fingerprint density at radius 1 is 1.25 bits per heavy atom. The Morgan fingerprint density at radius 2 is 2.08 bits per heavy atom. The maximum atomic E-state index is 12.9. The topological polar surface area (TPSA) is 52.6 Å². The summed E-state index contributed by atoms with van der Waals surface area (Å²) in [5, 5.41) is 12.9. The fourth-order valence-corrected chi connectivity index (χ4v) is 3.29. The summed E-state index contributed by atoms with van der Waals surface area (Å²) in [6.45, 7) is 3.50. The number of para-hydroxylation sites is 1. The fraction of sp³-hybridized carbons (Fsp3) is 0.350. The van der Waals surface area contributed by atoms with Gasteiger partial charge in [0.25, 0.3) is 5.91 Å². The van der Waals surface area contributed by atoms with Crippen molar-refractivity contribution in [3.63, 3.8) is 0 Å². The van der Waals surface area contributed by atoms with Gasteiger partial charge in [-0.25, -0.2) is 0 Å². The Balaban J connectivity index is 1.76. The number of aliphatic hydroxyl groups is 1. The molecule has 4 heteroatoms. The maximum absolute atomic E-state index is 12.9. The van der Waals surface area contributed by atoms with Crippen LogP contribution in [0.3, 0.4) is 0 Å². The average molecular weight is 324 g/mol. The molecule has 3 rings (SSSR count). The number of aliphatic hydroxyl groups excluding tert-OH is 1. The van der Waals surface area contributed by atoms with Crippen LogP contribution in [0.4, 0.5) is 5.69 Å². The molecule has 1 aliphatic heterocycles. The minimum atomic E-state index is -0.0534. The molecule has 2 aromatic rings. The number of carbonyl (C=O) groups is 1. The van der Waals surface area contributed by atoms with Crippen molar-refractivity contribution in [3.8, 4) is 0 Å². The van der Waals surface area contributed by atoms with E-state index in [1.165, 1.54) is 11.1 Å². The minimum absolute atomic E-state index is 0.00103. The van der Waals surface area contributed by atoms with Crippen LogP contribution in [0.15, 0.2) is 48.5 Å². The van der Waals surface area contributed by atoms with Crippen LogP contribution in [0.25, 0.3) is 0 Å². The van der Waals surface area contributed by atoms with Crippen LogP contribution in [-0.4, -0.2) is 35.1 Å². The van der Waals surface area contributed by atoms with Gasteiger partial charge < -0.3 is 15.3 Å². The van der Waals surface area contributed by atoms with Crippen LogP contribution in [0.1, 0.15) is 34.3 Å². The number of likely N-dealkylation sites (tertiary alicyclic amines) is 1. The number of nitrogens with zero attached hydrogens (tertiary/aromatic N) is 1. The van der Waals surface area contributed by atoms with E-state index in [1.54, 1.807) is 4.90 Å². The van der Waals surface area contributed by atoms with Crippen LogP contribution >= 0.6 is 0 Å². The van der Waals surface area contributed by atoms with Crippen molar-refractivity contribution >= 4 is 11.6 Å². The first-order chi connectivity index (χ1) is 11.7. The summed E-state index contributed by atoms with van der Waals surface area (Å²) < 4.78 is 0. The van der Waals surface area contributed by atoms with E-state index in [2.05, 4.69) is 30.4 Å². The third kappa shape index (κ3) is 3.60. The lowest BCUT2D eigenvalue weighted by Gasteiger charge is -2.24. The highest BCUT2D eigenvalue weighted by molar-refractivity contribution is 5.99. The summed E-state index contributed by atoms with van der Waals surface area (Å²) in [5.74, 6) is -0.00103. The van der Waals surface area contributed by atoms with Crippen molar-refractivity contribution in [3.05, 3.63) is 65.2 Å². The Hall–Kier alpha value is -2.33. The minimum Gasteiger partial charge on any atom is -0.394 e. The van der Waals surface area contributed by atoms with Crippen molar-refractivity contribution in [2.24, 2.45) is 0 Å². The highest BCUT2D eigenvalue weighted by Gasteiger charge is 2.29. The molecule has 24 heavy (non-hydrogen) atoms. The summed E-state index contributed by atoms with van der Waals surface area (Å²) in [6.07, 6.45) is 1.83. The largest absolute Gasteiger partial charge is 0.394 e. The Morgan fingerprint density at radius 3 is 2.88 bits per heavy atom. The van der Waals surface area contributed by atoms with Gasteiger partial charge in [0.1, 0.15) is 0 Å². The van der Waals surface area contributed by atoms with Gasteiger partial charge in [-0.3, -0.25) is 4.79 Å². The monoisotopic (exact) mass is 324 g/mol. The van der Waals surface area contributed by atoms with Crippen LogP contribution in [-0.2, 0) is 6.54 Å². The van der Waals surface area contributed by atoms with E-state index < -0.39 is 0 Å². The standard InChI is InChI=1S/C20H24N2O2/c1-15-6-4-7-16(12-15)13-21-19-10-3-2-9-18(19)20(24)22-11-5-8-17(22)14-23/h2-4,6-7,9-10,12,17,21,23H,5,8,11,13-14H2,1H3. The number of anilines is 1. The van der Waals surface area contributed by atoms with E-state index in [9.17, 15) is 9.90 Å². The molecule has 1 atom stereocenters. The molecule has 2 aromatic carbocycles. The molecule has 0 saturated carbocycles. The molecule has 1 fully saturated rings. The van der Waals surface area contributed by atoms with Crippen molar-refractivity contribution in [1.82, 2.24) is 4.90 Å². The number of aryl methyl sites for hydroxylation is 1. The summed E-state index contributed by atoms with van der Waals surface area (Å²) in [5.41, 5.74) is 3.92. The predicted molar refractivity (Wildman–Crippen MR) is 96.1 cm³/mol. The zero-order valence-electron chi connectivity index (χ0n) is 14.0. The second kappa shape index (κ2) is 7.49. The van der Waals surface area contributed by atoms with Crippen LogP contribution in [0, 0.1) is 6.92 Å². The van der Waals surface area contributed by atoms with Crippen LogP contribution < -0.4 is 5.32 Å². The molecule has 1 saturated heterocycles. The zero-order chi connectivity index (χ0) is 16.9. The van der Waals surface area contributed by atoms with Gasteiger partial charge in [0, 0.05) is 18.8 Å². The second-order valence-corrected chi connectivity index (χ2v) is 6.37. The lowest BCUT2D eigenvalue weighted by Crippen LogP contribution is -2.37. The molecule has 1 unspecified atom stereocenters. The maximum Gasteiger partial charge on any atom is 0.256 e. The van der Waals surface area contributed by atoms with E-state index in [0.29, 0.717) is 12.1 Å². The number of carbonyl (C=O) groups excluding carboxylic acids is 1. The third-order valence-corrected chi connectivity index (χ3v) is 4.57. The molecule has 0 aliphatic carbocycles. The van der Waals surface area contributed by atoms with E-state index in [-0.39, 0.29) is 18.6 Å². The summed E-state index contributed by atoms with van der Waals surface area (Å²) in [6, 6.07) is 15.9. The van der Waals surface area contributed by atoms with Crippen LogP contribution in [0.5, 0.6) is 0 Å². The molecular formula is C20H24N2O2. The summed E-state index contributed by atoms with van der Waals surface area (Å²) in [4.78, 5) is 14.7. The molecular weight excluding hydrogens is 300 g/mol. The first-order valence-electron chi connectivity index (χ1n) is 8.49. The summed E-state index contributed by atoms with van der Waals surface area (Å²) >= 11 is 0. The quantitative estimate of drug-likeness (QED) is 0.888. The molecule has 1 heterocycles. The molecule has 4 nitrogen and oxygen atoms in total. The molecule has 0 spiro atoms. The number of nitrogens with one attached hydrogen (secondary N) is 1. The summed E-state index contributed by atoms with van der Waals surface area (Å²) in [7, 11) is 0. The van der Waals surface area contributed by atoms with E-state index >= 15 is 0 Å². The van der Waals surface area contributed by atoms with Gasteiger partial charge in [-0.1, -0.05) is 42.0 Å². The molecule has 0 radical (unpaired) electrons. The normalized spacial score (nSPS) is 17.1. The number of amides is 1. The van der Waals surface area contributed by atoms with E-state index in [4.69, 9.17) is 0 Å². The van der Waals surface area contributed by atoms with Gasteiger partial charge in [0.15, 0.2) is 0 Å². The lowest BCUT2D eigenvalue weighted by atomic mass is 10.1. The van der Waals surface area contributed by atoms with Crippen molar-refractivity contribution in [1.29, 1.82) is 0 Å². The number of benzene rings is 2. The van der Waals surface area contributed by atoms with Crippen molar-refractivity contribution in [2.45, 2.75) is 32.4 Å². The Kier molecular flexibility index (Phi) is 5.16. The van der Waals surface area contributed by atoms with Gasteiger partial charge >= 0.3 is 0 Å². The van der Waals surface area contributed by atoms with Crippen molar-refractivity contribution in [2.75, 3.05) is 18.5 Å². The molecule has 0 aromatic heterocycles. The first kappa shape index (κ1) is 16.5. The van der Waals surface area contributed by atoms with Crippen LogP contribution in [0.2, 0.25) is 0 Å². The predicted octanol–water partition coefficient (Wildman–Crippen LogP) is 3.20. The van der Waals surface area contributed by atoms with Gasteiger partial charge in [-0.2, -0.15) is 0 Å². The average Bonchev–Trinajstić information content (AvgIpc) is 3.08. The third-order valence-electron chi connectivity index (χ3n) is 4.57. The first-order valence-corrected chi connectivity index (χ1v) is 8.49. The highest BCUT2D eigenvalue weighted by atomic mass is 16.3. The van der Waals surface area contributed by atoms with E-state index in [0.717, 1.165) is 25.1 Å². The van der Waals surface area contributed by atoms with Crippen molar-refractivity contribution < 1.29 is 9.90 Å².